The molecule has 22 heavy (non-hydrogen) atoms. The first kappa shape index (κ1) is 15.0. The number of hydrogen-bond donors (Lipinski definition) is 0. The van der Waals surface area contributed by atoms with Crippen molar-refractivity contribution in [3.8, 4) is 6.07 Å². The topological polar surface area (TPSA) is 23.8 Å². The Morgan fingerprint density at radius 3 is 2.50 bits per heavy atom. The number of nitrogens with zero attached hydrogens (tertiary/aromatic N) is 1. The molecule has 7 atom stereocenters. The Bertz CT molecular complexity index is 477. The summed E-state index contributed by atoms with van der Waals surface area (Å²) in [5.74, 6) is 4.65. The fraction of sp³-hybridized carbons (Fsp3) is 0.952. The first-order valence-corrected chi connectivity index (χ1v) is 9.96. The second-order valence-electron chi connectivity index (χ2n) is 9.58. The second-order valence-corrected chi connectivity index (χ2v) is 9.58. The van der Waals surface area contributed by atoms with Crippen LogP contribution in [0, 0.1) is 51.8 Å². The Hall–Kier alpha value is -0.510. The Labute approximate surface area is 136 Å². The van der Waals surface area contributed by atoms with Gasteiger partial charge in [0.2, 0.25) is 0 Å². The summed E-state index contributed by atoms with van der Waals surface area (Å²) in [4.78, 5) is 0. The monoisotopic (exact) mass is 299 g/mol. The lowest BCUT2D eigenvalue weighted by atomic mass is 9.45. The Morgan fingerprint density at radius 1 is 0.864 bits per heavy atom. The third-order valence-corrected chi connectivity index (χ3v) is 9.12. The zero-order valence-electron chi connectivity index (χ0n) is 14.6. The molecule has 0 heterocycles. The number of hydrogen-bond acceptors (Lipinski definition) is 1. The van der Waals surface area contributed by atoms with Crippen molar-refractivity contribution in [2.24, 2.45) is 40.4 Å². The van der Waals surface area contributed by atoms with Crippen molar-refractivity contribution < 1.29 is 0 Å². The summed E-state index contributed by atoms with van der Waals surface area (Å²) in [6.07, 6.45) is 15.4. The molecule has 0 saturated heterocycles. The molecule has 4 aliphatic carbocycles. The van der Waals surface area contributed by atoms with Crippen molar-refractivity contribution in [1.29, 1.82) is 5.26 Å². The molecule has 1 nitrogen and oxygen atoms in total. The van der Waals surface area contributed by atoms with Gasteiger partial charge < -0.3 is 0 Å². The van der Waals surface area contributed by atoms with E-state index in [0.717, 1.165) is 30.1 Å². The van der Waals surface area contributed by atoms with Crippen LogP contribution in [0.4, 0.5) is 0 Å². The van der Waals surface area contributed by atoms with E-state index in [1.54, 1.807) is 0 Å². The number of rotatable bonds is 1. The van der Waals surface area contributed by atoms with Crippen molar-refractivity contribution in [1.82, 2.24) is 0 Å². The minimum absolute atomic E-state index is 0.495. The van der Waals surface area contributed by atoms with Gasteiger partial charge in [-0.05, 0) is 91.8 Å². The van der Waals surface area contributed by atoms with E-state index in [1.165, 1.54) is 64.2 Å². The molecule has 0 radical (unpaired) electrons. The van der Waals surface area contributed by atoms with Crippen LogP contribution in [-0.4, -0.2) is 0 Å². The van der Waals surface area contributed by atoms with Crippen LogP contribution in [0.2, 0.25) is 0 Å². The van der Waals surface area contributed by atoms with Crippen molar-refractivity contribution in [2.45, 2.75) is 84.5 Å². The van der Waals surface area contributed by atoms with Gasteiger partial charge in [0.05, 0.1) is 6.07 Å². The Kier molecular flexibility index (Phi) is 3.59. The summed E-state index contributed by atoms with van der Waals surface area (Å²) < 4.78 is 0. The van der Waals surface area contributed by atoms with Gasteiger partial charge in [0.15, 0.2) is 0 Å². The van der Waals surface area contributed by atoms with Crippen molar-refractivity contribution >= 4 is 0 Å². The standard InChI is InChI=1S/C21H33N/c1-20-12-4-3-5-15(20)6-8-17-18-9-7-16(11-14-22)21(18,2)13-10-19(17)20/h15-19H,3-13H2,1-2H3/t15-,16+,17-,18-,19-,20-,21+/m0/s1. The smallest absolute Gasteiger partial charge is 0.0624 e. The molecule has 0 bridgehead atoms. The molecule has 122 valence electrons. The van der Waals surface area contributed by atoms with Crippen LogP contribution in [-0.2, 0) is 0 Å². The molecule has 1 heteroatoms. The summed E-state index contributed by atoms with van der Waals surface area (Å²) >= 11 is 0. The molecule has 4 aliphatic rings. The van der Waals surface area contributed by atoms with E-state index >= 15 is 0 Å². The average molecular weight is 300 g/mol. The molecule has 0 amide bonds. The van der Waals surface area contributed by atoms with E-state index in [0.29, 0.717) is 16.7 Å². The van der Waals surface area contributed by atoms with Crippen molar-refractivity contribution in [3.63, 3.8) is 0 Å². The van der Waals surface area contributed by atoms with E-state index in [1.807, 2.05) is 0 Å². The van der Waals surface area contributed by atoms with Gasteiger partial charge in [-0.3, -0.25) is 0 Å². The summed E-state index contributed by atoms with van der Waals surface area (Å²) in [6, 6.07) is 2.49. The second kappa shape index (κ2) is 5.25. The van der Waals surface area contributed by atoms with Crippen LogP contribution < -0.4 is 0 Å². The van der Waals surface area contributed by atoms with Crippen molar-refractivity contribution in [3.05, 3.63) is 0 Å². The van der Waals surface area contributed by atoms with Gasteiger partial charge in [0.1, 0.15) is 0 Å². The maximum Gasteiger partial charge on any atom is 0.0624 e. The van der Waals surface area contributed by atoms with Crippen molar-refractivity contribution in [2.75, 3.05) is 0 Å². The van der Waals surface area contributed by atoms with Gasteiger partial charge in [-0.1, -0.05) is 26.7 Å². The molecule has 0 aromatic rings. The van der Waals surface area contributed by atoms with Gasteiger partial charge in [0, 0.05) is 6.42 Å². The maximum absolute atomic E-state index is 9.21. The largest absolute Gasteiger partial charge is 0.198 e. The highest BCUT2D eigenvalue weighted by Gasteiger charge is 2.59. The minimum atomic E-state index is 0.495. The van der Waals surface area contributed by atoms with E-state index in [9.17, 15) is 5.26 Å². The lowest BCUT2D eigenvalue weighted by molar-refractivity contribution is -0.110. The lowest BCUT2D eigenvalue weighted by Gasteiger charge is -2.60. The molecule has 4 rings (SSSR count). The SMILES string of the molecule is C[C@]12CCCC[C@H]1CC[C@@H]1[C@@H]2CC[C@]2(C)[C@@H](CC#N)CC[C@@H]12. The third kappa shape index (κ3) is 1.95. The van der Waals surface area contributed by atoms with E-state index in [-0.39, 0.29) is 0 Å². The van der Waals surface area contributed by atoms with Gasteiger partial charge >= 0.3 is 0 Å². The zero-order chi connectivity index (χ0) is 15.4. The third-order valence-electron chi connectivity index (χ3n) is 9.12. The van der Waals surface area contributed by atoms with Crippen LogP contribution in [0.1, 0.15) is 84.5 Å². The normalized spacial score (nSPS) is 54.0. The van der Waals surface area contributed by atoms with Gasteiger partial charge in [-0.2, -0.15) is 5.26 Å². The Morgan fingerprint density at radius 2 is 1.68 bits per heavy atom. The molecule has 0 aromatic heterocycles. The fourth-order valence-electron chi connectivity index (χ4n) is 7.85. The Balaban J connectivity index is 1.61. The number of fused-ring (bicyclic) bond motifs is 5. The minimum Gasteiger partial charge on any atom is -0.198 e. The van der Waals surface area contributed by atoms with Crippen LogP contribution in [0.25, 0.3) is 0 Å². The van der Waals surface area contributed by atoms with Gasteiger partial charge in [-0.25, -0.2) is 0 Å². The highest BCUT2D eigenvalue weighted by molar-refractivity contribution is 5.09. The first-order chi connectivity index (χ1) is 10.6. The fourth-order valence-corrected chi connectivity index (χ4v) is 7.85. The van der Waals surface area contributed by atoms with E-state index in [4.69, 9.17) is 0 Å². The molecule has 0 N–H and O–H groups in total. The van der Waals surface area contributed by atoms with Crippen LogP contribution in [0.15, 0.2) is 0 Å². The lowest BCUT2D eigenvalue weighted by Crippen LogP contribution is -2.52. The van der Waals surface area contributed by atoms with Gasteiger partial charge in [-0.15, -0.1) is 0 Å². The average Bonchev–Trinajstić information content (AvgIpc) is 2.84. The maximum atomic E-state index is 9.21. The summed E-state index contributed by atoms with van der Waals surface area (Å²) in [6.45, 7) is 5.22. The molecular weight excluding hydrogens is 266 g/mol. The predicted octanol–water partition coefficient (Wildman–Crippen LogP) is 5.95. The van der Waals surface area contributed by atoms with Gasteiger partial charge in [0.25, 0.3) is 0 Å². The zero-order valence-corrected chi connectivity index (χ0v) is 14.6. The summed E-state index contributed by atoms with van der Waals surface area (Å²) in [7, 11) is 0. The number of nitriles is 1. The highest BCUT2D eigenvalue weighted by Crippen LogP contribution is 2.67. The van der Waals surface area contributed by atoms with E-state index in [2.05, 4.69) is 19.9 Å². The quantitative estimate of drug-likeness (QED) is 0.587. The summed E-state index contributed by atoms with van der Waals surface area (Å²) in [5.41, 5.74) is 1.16. The predicted molar refractivity (Wildman–Crippen MR) is 90.1 cm³/mol. The molecule has 4 fully saturated rings. The van der Waals surface area contributed by atoms with E-state index < -0.39 is 0 Å². The molecule has 0 spiro atoms. The molecule has 0 unspecified atom stereocenters. The molecule has 0 aliphatic heterocycles. The molecule has 0 aromatic carbocycles. The summed E-state index contributed by atoms with van der Waals surface area (Å²) in [5, 5.41) is 9.21. The highest BCUT2D eigenvalue weighted by atomic mass is 14.6. The molecule has 4 saturated carbocycles. The van der Waals surface area contributed by atoms with Crippen LogP contribution in [0.3, 0.4) is 0 Å². The first-order valence-electron chi connectivity index (χ1n) is 9.96. The van der Waals surface area contributed by atoms with Crippen LogP contribution in [0.5, 0.6) is 0 Å². The van der Waals surface area contributed by atoms with Crippen LogP contribution >= 0.6 is 0 Å². The molecular formula is C21H33N.